The highest BCUT2D eigenvalue weighted by Crippen LogP contribution is 2.22. The fourth-order valence-electron chi connectivity index (χ4n) is 2.01. The smallest absolute Gasteiger partial charge is 0.321 e. The van der Waals surface area contributed by atoms with E-state index in [1.807, 2.05) is 25.9 Å². The van der Waals surface area contributed by atoms with E-state index in [4.69, 9.17) is 5.11 Å². The van der Waals surface area contributed by atoms with E-state index in [2.05, 4.69) is 4.72 Å². The monoisotopic (exact) mass is 314 g/mol. The van der Waals surface area contributed by atoms with Gasteiger partial charge in [-0.25, -0.2) is 8.42 Å². The minimum absolute atomic E-state index is 0.0687. The Bertz CT molecular complexity index is 611. The van der Waals surface area contributed by atoms with Crippen LogP contribution in [0.25, 0.3) is 0 Å². The van der Waals surface area contributed by atoms with Gasteiger partial charge >= 0.3 is 5.97 Å². The lowest BCUT2D eigenvalue weighted by Gasteiger charge is -2.18. The van der Waals surface area contributed by atoms with E-state index in [9.17, 15) is 13.2 Å². The molecule has 6 nitrogen and oxygen atoms in total. The Balaban J connectivity index is 3.13. The number of aryl methyl sites for hydroxylation is 1. The van der Waals surface area contributed by atoms with Crippen molar-refractivity contribution in [3.63, 3.8) is 0 Å². The van der Waals surface area contributed by atoms with Gasteiger partial charge in [0.2, 0.25) is 10.0 Å². The van der Waals surface area contributed by atoms with Gasteiger partial charge in [-0.2, -0.15) is 4.72 Å². The van der Waals surface area contributed by atoms with E-state index in [1.54, 1.807) is 19.1 Å². The summed E-state index contributed by atoms with van der Waals surface area (Å²) < 4.78 is 26.9. The molecule has 1 aromatic rings. The third-order valence-electron chi connectivity index (χ3n) is 3.15. The normalized spacial score (nSPS) is 13.0. The number of carbonyl (C=O) groups is 1. The molecule has 0 fully saturated rings. The highest BCUT2D eigenvalue weighted by Gasteiger charge is 2.25. The summed E-state index contributed by atoms with van der Waals surface area (Å²) in [6, 6.07) is 3.63. The number of aliphatic carboxylic acids is 1. The lowest BCUT2D eigenvalue weighted by atomic mass is 10.2. The molecule has 0 radical (unpaired) electrons. The van der Waals surface area contributed by atoms with Crippen molar-refractivity contribution in [1.29, 1.82) is 0 Å². The fraction of sp³-hybridized carbons (Fsp3) is 0.500. The Morgan fingerprint density at radius 2 is 2.00 bits per heavy atom. The lowest BCUT2D eigenvalue weighted by molar-refractivity contribution is -0.139. The van der Waals surface area contributed by atoms with Crippen LogP contribution in [0.15, 0.2) is 23.1 Å². The van der Waals surface area contributed by atoms with Gasteiger partial charge in [-0.1, -0.05) is 19.4 Å². The number of hydrogen-bond donors (Lipinski definition) is 2. The average Bonchev–Trinajstić information content (AvgIpc) is 2.37. The fourth-order valence-corrected chi connectivity index (χ4v) is 3.26. The first-order valence-corrected chi connectivity index (χ1v) is 8.20. The molecular weight excluding hydrogens is 292 g/mol. The Labute approximate surface area is 125 Å². The van der Waals surface area contributed by atoms with Crippen LogP contribution in [0.1, 0.15) is 25.3 Å². The molecule has 0 bridgehead atoms. The Morgan fingerprint density at radius 3 is 2.48 bits per heavy atom. The van der Waals surface area contributed by atoms with E-state index in [-0.39, 0.29) is 11.3 Å². The molecule has 1 atom stereocenters. The molecule has 1 aromatic carbocycles. The maximum absolute atomic E-state index is 12.3. The molecule has 0 saturated carbocycles. The number of sulfonamides is 1. The number of hydrogen-bond acceptors (Lipinski definition) is 4. The Hall–Kier alpha value is -1.60. The maximum atomic E-state index is 12.3. The van der Waals surface area contributed by atoms with Gasteiger partial charge in [0.25, 0.3) is 0 Å². The van der Waals surface area contributed by atoms with Crippen LogP contribution in [0.2, 0.25) is 0 Å². The first-order valence-electron chi connectivity index (χ1n) is 6.72. The second kappa shape index (κ2) is 6.91. The summed E-state index contributed by atoms with van der Waals surface area (Å²) >= 11 is 0. The zero-order chi connectivity index (χ0) is 16.2. The molecule has 2 N–H and O–H groups in total. The number of nitrogens with zero attached hydrogens (tertiary/aromatic N) is 1. The topological polar surface area (TPSA) is 86.7 Å². The standard InChI is InChI=1S/C14H22N2O4S/c1-5-6-12(14(17)18)15-21(19,20)11-8-7-10(2)13(9-11)16(3)4/h7-9,12,15H,5-6H2,1-4H3,(H,17,18). The van der Waals surface area contributed by atoms with Gasteiger partial charge in [0, 0.05) is 19.8 Å². The summed E-state index contributed by atoms with van der Waals surface area (Å²) in [4.78, 5) is 13.0. The van der Waals surface area contributed by atoms with E-state index < -0.39 is 22.0 Å². The molecule has 0 heterocycles. The molecule has 0 amide bonds. The quantitative estimate of drug-likeness (QED) is 0.798. The first kappa shape index (κ1) is 17.5. The molecule has 7 heteroatoms. The average molecular weight is 314 g/mol. The largest absolute Gasteiger partial charge is 0.480 e. The molecule has 21 heavy (non-hydrogen) atoms. The molecule has 0 saturated heterocycles. The summed E-state index contributed by atoms with van der Waals surface area (Å²) in [6.45, 7) is 3.69. The van der Waals surface area contributed by atoms with Gasteiger partial charge in [-0.05, 0) is 31.0 Å². The van der Waals surface area contributed by atoms with Crippen molar-refractivity contribution < 1.29 is 18.3 Å². The zero-order valence-corrected chi connectivity index (χ0v) is 13.6. The Morgan fingerprint density at radius 1 is 1.38 bits per heavy atom. The van der Waals surface area contributed by atoms with Crippen LogP contribution in [0.3, 0.4) is 0 Å². The van der Waals surface area contributed by atoms with E-state index in [0.717, 1.165) is 11.3 Å². The minimum atomic E-state index is -3.86. The summed E-state index contributed by atoms with van der Waals surface area (Å²) in [5, 5.41) is 9.07. The van der Waals surface area contributed by atoms with Gasteiger partial charge in [0.05, 0.1) is 4.90 Å². The van der Waals surface area contributed by atoms with Crippen LogP contribution in [0, 0.1) is 6.92 Å². The van der Waals surface area contributed by atoms with Crippen LogP contribution >= 0.6 is 0 Å². The number of anilines is 1. The zero-order valence-electron chi connectivity index (χ0n) is 12.8. The van der Waals surface area contributed by atoms with E-state index in [0.29, 0.717) is 6.42 Å². The van der Waals surface area contributed by atoms with Crippen molar-refractivity contribution >= 4 is 21.7 Å². The van der Waals surface area contributed by atoms with Gasteiger partial charge in [-0.15, -0.1) is 0 Å². The van der Waals surface area contributed by atoms with Gasteiger partial charge in [0.1, 0.15) is 6.04 Å². The molecule has 118 valence electrons. The minimum Gasteiger partial charge on any atom is -0.480 e. The summed E-state index contributed by atoms with van der Waals surface area (Å²) in [6.07, 6.45) is 0.831. The summed E-state index contributed by atoms with van der Waals surface area (Å²) in [7, 11) is -0.212. The van der Waals surface area contributed by atoms with Crippen LogP contribution in [0.4, 0.5) is 5.69 Å². The number of carboxylic acid groups (broad SMARTS) is 1. The molecule has 0 aromatic heterocycles. The van der Waals surface area contributed by atoms with Crippen LogP contribution in [-0.2, 0) is 14.8 Å². The molecule has 0 aliphatic carbocycles. The van der Waals surface area contributed by atoms with Crippen molar-refractivity contribution in [2.24, 2.45) is 0 Å². The SMILES string of the molecule is CCCC(NS(=O)(=O)c1ccc(C)c(N(C)C)c1)C(=O)O. The predicted molar refractivity (Wildman–Crippen MR) is 82.2 cm³/mol. The molecule has 0 aliphatic rings. The maximum Gasteiger partial charge on any atom is 0.321 e. The number of benzene rings is 1. The van der Waals surface area contributed by atoms with E-state index >= 15 is 0 Å². The molecule has 1 unspecified atom stereocenters. The van der Waals surface area contributed by atoms with Crippen molar-refractivity contribution in [1.82, 2.24) is 4.72 Å². The van der Waals surface area contributed by atoms with Crippen molar-refractivity contribution in [3.8, 4) is 0 Å². The summed E-state index contributed by atoms with van der Waals surface area (Å²) in [5.41, 5.74) is 1.72. The van der Waals surface area contributed by atoms with Crippen LogP contribution < -0.4 is 9.62 Å². The van der Waals surface area contributed by atoms with Gasteiger partial charge < -0.3 is 10.0 Å². The highest BCUT2D eigenvalue weighted by atomic mass is 32.2. The Kier molecular flexibility index (Phi) is 5.74. The molecular formula is C14H22N2O4S. The third kappa shape index (κ3) is 4.44. The van der Waals surface area contributed by atoms with Crippen LogP contribution in [-0.4, -0.2) is 39.6 Å². The second-order valence-electron chi connectivity index (χ2n) is 5.14. The van der Waals surface area contributed by atoms with Crippen molar-refractivity contribution in [2.75, 3.05) is 19.0 Å². The molecule has 0 spiro atoms. The van der Waals surface area contributed by atoms with Crippen LogP contribution in [0.5, 0.6) is 0 Å². The van der Waals surface area contributed by atoms with E-state index in [1.165, 1.54) is 6.07 Å². The third-order valence-corrected chi connectivity index (χ3v) is 4.61. The summed E-state index contributed by atoms with van der Waals surface area (Å²) in [5.74, 6) is -1.17. The first-order chi connectivity index (χ1) is 9.69. The second-order valence-corrected chi connectivity index (χ2v) is 6.86. The number of rotatable bonds is 7. The molecule has 0 aliphatic heterocycles. The highest BCUT2D eigenvalue weighted by molar-refractivity contribution is 7.89. The van der Waals surface area contributed by atoms with Crippen molar-refractivity contribution in [3.05, 3.63) is 23.8 Å². The predicted octanol–water partition coefficient (Wildman–Crippen LogP) is 1.59. The van der Waals surface area contributed by atoms with Crippen molar-refractivity contribution in [2.45, 2.75) is 37.6 Å². The van der Waals surface area contributed by atoms with Gasteiger partial charge in [-0.3, -0.25) is 4.79 Å². The van der Waals surface area contributed by atoms with Gasteiger partial charge in [0.15, 0.2) is 0 Å². The molecule has 1 rings (SSSR count). The number of nitrogens with one attached hydrogen (secondary N) is 1. The lowest BCUT2D eigenvalue weighted by Crippen LogP contribution is -2.40. The number of carboxylic acids is 1.